The molecule has 0 N–H and O–H groups in total. The Bertz CT molecular complexity index is 560. The molecule has 2 aromatic carbocycles. The Hall–Kier alpha value is -0.280. The average molecular weight is 305 g/mol. The molecular formula is C13H11ClNaO3P. The molecule has 0 spiro atoms. The summed E-state index contributed by atoms with van der Waals surface area (Å²) in [4.78, 5) is 11.8. The van der Waals surface area contributed by atoms with Crippen molar-refractivity contribution in [2.24, 2.45) is 0 Å². The third-order valence-corrected chi connectivity index (χ3v) is 3.77. The van der Waals surface area contributed by atoms with E-state index in [0.717, 1.165) is 0 Å². The van der Waals surface area contributed by atoms with Crippen LogP contribution in [0.5, 0.6) is 5.75 Å². The van der Waals surface area contributed by atoms with Crippen molar-refractivity contribution in [3.8, 4) is 5.75 Å². The number of halogens is 1. The van der Waals surface area contributed by atoms with Crippen LogP contribution in [0, 0.1) is 0 Å². The van der Waals surface area contributed by atoms with E-state index in [9.17, 15) is 9.46 Å². The molecule has 19 heavy (non-hydrogen) atoms. The summed E-state index contributed by atoms with van der Waals surface area (Å²) in [7, 11) is -3.94. The van der Waals surface area contributed by atoms with E-state index in [1.54, 1.807) is 54.6 Å². The Morgan fingerprint density at radius 2 is 1.63 bits per heavy atom. The molecule has 2 rings (SSSR count). The zero-order chi connectivity index (χ0) is 13.0. The molecule has 0 bridgehead atoms. The normalized spacial score (nSPS) is 13.2. The van der Waals surface area contributed by atoms with Crippen LogP contribution in [0.15, 0.2) is 54.6 Å². The van der Waals surface area contributed by atoms with Gasteiger partial charge >= 0.3 is 29.6 Å². The topological polar surface area (TPSA) is 49.4 Å². The first-order valence-corrected chi connectivity index (χ1v) is 7.45. The SMILES string of the molecule is O=P([O-])(Cc1ccc(Cl)cc1)Oc1ccccc1.[Na+]. The van der Waals surface area contributed by atoms with E-state index in [-0.39, 0.29) is 35.7 Å². The Labute approximate surface area is 139 Å². The maximum atomic E-state index is 11.8. The fourth-order valence-electron chi connectivity index (χ4n) is 1.49. The predicted molar refractivity (Wildman–Crippen MR) is 69.8 cm³/mol. The molecule has 94 valence electrons. The number of hydrogen-bond donors (Lipinski definition) is 0. The summed E-state index contributed by atoms with van der Waals surface area (Å²) in [5.41, 5.74) is 0.647. The van der Waals surface area contributed by atoms with Gasteiger partial charge in [-0.3, -0.25) is 4.57 Å². The van der Waals surface area contributed by atoms with Gasteiger partial charge in [0.1, 0.15) is 5.75 Å². The maximum Gasteiger partial charge on any atom is 1.00 e. The van der Waals surface area contributed by atoms with Gasteiger partial charge < -0.3 is 9.42 Å². The summed E-state index contributed by atoms with van der Waals surface area (Å²) in [6.45, 7) is 0. The third-order valence-electron chi connectivity index (χ3n) is 2.28. The minimum Gasteiger partial charge on any atom is -0.769 e. The van der Waals surface area contributed by atoms with Crippen LogP contribution in [-0.2, 0) is 10.7 Å². The Morgan fingerprint density at radius 3 is 2.21 bits per heavy atom. The van der Waals surface area contributed by atoms with Crippen molar-refractivity contribution in [2.45, 2.75) is 6.16 Å². The zero-order valence-electron chi connectivity index (χ0n) is 10.5. The third kappa shape index (κ3) is 5.70. The van der Waals surface area contributed by atoms with Gasteiger partial charge in [0.05, 0.1) is 0 Å². The van der Waals surface area contributed by atoms with E-state index in [1.165, 1.54) is 0 Å². The van der Waals surface area contributed by atoms with Crippen LogP contribution >= 0.6 is 19.2 Å². The number of para-hydroxylation sites is 1. The van der Waals surface area contributed by atoms with Crippen LogP contribution in [-0.4, -0.2) is 0 Å². The fraction of sp³-hybridized carbons (Fsp3) is 0.0769. The molecule has 0 saturated carbocycles. The van der Waals surface area contributed by atoms with Crippen molar-refractivity contribution in [2.75, 3.05) is 0 Å². The van der Waals surface area contributed by atoms with Crippen LogP contribution in [0.4, 0.5) is 0 Å². The molecule has 0 amide bonds. The second-order valence-electron chi connectivity index (χ2n) is 3.80. The van der Waals surface area contributed by atoms with Gasteiger partial charge in [-0.05, 0) is 29.8 Å². The van der Waals surface area contributed by atoms with E-state index in [1.807, 2.05) is 0 Å². The minimum absolute atomic E-state index is 0. The molecule has 0 aliphatic heterocycles. The molecule has 1 unspecified atom stereocenters. The van der Waals surface area contributed by atoms with Crippen molar-refractivity contribution in [3.63, 3.8) is 0 Å². The first-order valence-electron chi connectivity index (χ1n) is 5.34. The molecule has 0 heterocycles. The molecule has 0 aliphatic rings. The largest absolute Gasteiger partial charge is 1.00 e. The van der Waals surface area contributed by atoms with Crippen molar-refractivity contribution in [1.29, 1.82) is 0 Å². The minimum atomic E-state index is -3.94. The number of benzene rings is 2. The molecular weight excluding hydrogens is 294 g/mol. The Balaban J connectivity index is 0.00000180. The molecule has 6 heteroatoms. The first-order chi connectivity index (χ1) is 8.55. The van der Waals surface area contributed by atoms with Crippen molar-refractivity contribution in [1.82, 2.24) is 0 Å². The van der Waals surface area contributed by atoms with Crippen LogP contribution in [0.2, 0.25) is 5.02 Å². The summed E-state index contributed by atoms with van der Waals surface area (Å²) in [6.07, 6.45) is -0.154. The van der Waals surface area contributed by atoms with E-state index in [4.69, 9.17) is 16.1 Å². The Morgan fingerprint density at radius 1 is 1.05 bits per heavy atom. The van der Waals surface area contributed by atoms with E-state index < -0.39 is 7.60 Å². The van der Waals surface area contributed by atoms with Crippen LogP contribution in [0.1, 0.15) is 5.56 Å². The average Bonchev–Trinajstić information content (AvgIpc) is 2.32. The monoisotopic (exact) mass is 304 g/mol. The molecule has 3 nitrogen and oxygen atoms in total. The van der Waals surface area contributed by atoms with Crippen LogP contribution in [0.3, 0.4) is 0 Å². The van der Waals surface area contributed by atoms with E-state index in [0.29, 0.717) is 16.3 Å². The van der Waals surface area contributed by atoms with E-state index >= 15 is 0 Å². The van der Waals surface area contributed by atoms with Crippen molar-refractivity contribution >= 4 is 19.2 Å². The molecule has 0 aliphatic carbocycles. The smallest absolute Gasteiger partial charge is 0.769 e. The number of hydrogen-bond acceptors (Lipinski definition) is 3. The van der Waals surface area contributed by atoms with Gasteiger partial charge in [0.15, 0.2) is 7.60 Å². The van der Waals surface area contributed by atoms with Crippen molar-refractivity contribution in [3.05, 3.63) is 65.2 Å². The second-order valence-corrected chi connectivity index (χ2v) is 5.96. The van der Waals surface area contributed by atoms with Crippen molar-refractivity contribution < 1.29 is 43.5 Å². The van der Waals surface area contributed by atoms with Crippen LogP contribution < -0.4 is 39.0 Å². The molecule has 0 aromatic heterocycles. The number of rotatable bonds is 4. The summed E-state index contributed by atoms with van der Waals surface area (Å²) in [5, 5.41) is 0.573. The first kappa shape index (κ1) is 16.8. The molecule has 1 atom stereocenters. The summed E-state index contributed by atoms with van der Waals surface area (Å²) in [6, 6.07) is 15.1. The van der Waals surface area contributed by atoms with Gasteiger partial charge in [-0.15, -0.1) is 0 Å². The standard InChI is InChI=1S/C13H12ClO3P.Na/c14-12-8-6-11(7-9-12)10-18(15,16)17-13-4-2-1-3-5-13;/h1-9H,10H2,(H,15,16);/q;+1/p-1. The quantitative estimate of drug-likeness (QED) is 0.610. The molecule has 0 saturated heterocycles. The molecule has 0 fully saturated rings. The summed E-state index contributed by atoms with van der Waals surface area (Å²) >= 11 is 5.73. The van der Waals surface area contributed by atoms with Gasteiger partial charge in [0, 0.05) is 11.2 Å². The Kier molecular flexibility index (Phi) is 6.61. The maximum absolute atomic E-state index is 11.8. The van der Waals surface area contributed by atoms with Gasteiger partial charge in [-0.2, -0.15) is 0 Å². The van der Waals surface area contributed by atoms with E-state index in [2.05, 4.69) is 0 Å². The fourth-order valence-corrected chi connectivity index (χ4v) is 2.78. The summed E-state index contributed by atoms with van der Waals surface area (Å²) in [5.74, 6) is 0.324. The predicted octanol–water partition coefficient (Wildman–Crippen LogP) is 0.476. The van der Waals surface area contributed by atoms with Crippen LogP contribution in [0.25, 0.3) is 0 Å². The van der Waals surface area contributed by atoms with Gasteiger partial charge in [-0.1, -0.05) is 41.9 Å². The van der Waals surface area contributed by atoms with Gasteiger partial charge in [0.25, 0.3) is 0 Å². The van der Waals surface area contributed by atoms with Gasteiger partial charge in [0.2, 0.25) is 0 Å². The molecule has 0 radical (unpaired) electrons. The molecule has 2 aromatic rings. The van der Waals surface area contributed by atoms with Gasteiger partial charge in [-0.25, -0.2) is 0 Å². The summed E-state index contributed by atoms with van der Waals surface area (Å²) < 4.78 is 16.8. The zero-order valence-corrected chi connectivity index (χ0v) is 14.1. The second kappa shape index (κ2) is 7.49.